The highest BCUT2D eigenvalue weighted by atomic mass is 19.4. The van der Waals surface area contributed by atoms with Crippen molar-refractivity contribution in [1.82, 2.24) is 5.32 Å². The number of carbonyl (C=O) groups excluding carboxylic acids is 1. The molecule has 1 aromatic carbocycles. The van der Waals surface area contributed by atoms with Crippen LogP contribution in [0.25, 0.3) is 0 Å². The van der Waals surface area contributed by atoms with Crippen molar-refractivity contribution in [3.05, 3.63) is 29.3 Å². The Kier molecular flexibility index (Phi) is 5.14. The number of anilines is 1. The van der Waals surface area contributed by atoms with E-state index in [0.717, 1.165) is 25.0 Å². The highest BCUT2D eigenvalue weighted by Gasteiger charge is 2.32. The van der Waals surface area contributed by atoms with Crippen LogP contribution in [0.2, 0.25) is 0 Å². The van der Waals surface area contributed by atoms with Crippen LogP contribution in [0.4, 0.5) is 18.9 Å². The Balaban J connectivity index is 2.21. The van der Waals surface area contributed by atoms with Gasteiger partial charge in [-0.05, 0) is 31.0 Å². The monoisotopic (exact) mass is 325 g/mol. The Hall–Kier alpha value is -2.23. The third-order valence-electron chi connectivity index (χ3n) is 3.89. The van der Waals surface area contributed by atoms with E-state index in [1.54, 1.807) is 6.92 Å². The average molecular weight is 325 g/mol. The first-order valence-electron chi connectivity index (χ1n) is 7.50. The maximum Gasteiger partial charge on any atom is 0.416 e. The van der Waals surface area contributed by atoms with Crippen LogP contribution in [-0.4, -0.2) is 25.0 Å². The van der Waals surface area contributed by atoms with Gasteiger partial charge in [-0.2, -0.15) is 18.4 Å². The molecule has 1 fully saturated rings. The van der Waals surface area contributed by atoms with Gasteiger partial charge in [0.05, 0.1) is 16.8 Å². The van der Waals surface area contributed by atoms with Crippen molar-refractivity contribution in [2.45, 2.75) is 38.4 Å². The fraction of sp³-hybridized carbons (Fsp3) is 0.500. The summed E-state index contributed by atoms with van der Waals surface area (Å²) in [4.78, 5) is 13.4. The molecule has 124 valence electrons. The van der Waals surface area contributed by atoms with E-state index in [1.165, 1.54) is 6.07 Å². The van der Waals surface area contributed by atoms with Crippen LogP contribution in [0.3, 0.4) is 0 Å². The summed E-state index contributed by atoms with van der Waals surface area (Å²) in [6, 6.07) is 5.00. The van der Waals surface area contributed by atoms with Crippen LogP contribution in [-0.2, 0) is 11.0 Å². The molecule has 1 N–H and O–H groups in total. The molecule has 4 nitrogen and oxygen atoms in total. The van der Waals surface area contributed by atoms with Gasteiger partial charge in [0.2, 0.25) is 5.91 Å². The quantitative estimate of drug-likeness (QED) is 0.929. The van der Waals surface area contributed by atoms with Crippen LogP contribution >= 0.6 is 0 Å². The first-order valence-corrected chi connectivity index (χ1v) is 7.50. The number of nitrogens with one attached hydrogen (secondary N) is 1. The van der Waals surface area contributed by atoms with E-state index in [0.29, 0.717) is 25.2 Å². The molecule has 7 heteroatoms. The summed E-state index contributed by atoms with van der Waals surface area (Å²) < 4.78 is 38.3. The maximum absolute atomic E-state index is 12.8. The Labute approximate surface area is 132 Å². The summed E-state index contributed by atoms with van der Waals surface area (Å²) in [5.74, 6) is -0.0511. The molecule has 1 aliphatic rings. The molecule has 0 aliphatic carbocycles. The Morgan fingerprint density at radius 1 is 1.48 bits per heavy atom. The molecular formula is C16H18F3N3O. The topological polar surface area (TPSA) is 56.1 Å². The second-order valence-corrected chi connectivity index (χ2v) is 5.55. The van der Waals surface area contributed by atoms with Gasteiger partial charge < -0.3 is 10.2 Å². The number of amides is 1. The third kappa shape index (κ3) is 4.15. The van der Waals surface area contributed by atoms with E-state index in [4.69, 9.17) is 0 Å². The molecule has 0 aromatic heterocycles. The number of carbonyl (C=O) groups is 1. The van der Waals surface area contributed by atoms with Crippen LogP contribution in [0.1, 0.15) is 37.3 Å². The zero-order valence-corrected chi connectivity index (χ0v) is 12.8. The molecule has 1 atom stereocenters. The number of hydrogen-bond donors (Lipinski definition) is 1. The Morgan fingerprint density at radius 2 is 2.22 bits per heavy atom. The molecule has 2 rings (SSSR count). The van der Waals surface area contributed by atoms with Gasteiger partial charge in [-0.3, -0.25) is 4.79 Å². The van der Waals surface area contributed by atoms with Gasteiger partial charge in [-0.1, -0.05) is 6.92 Å². The number of alkyl halides is 3. The highest BCUT2D eigenvalue weighted by Crippen LogP contribution is 2.33. The van der Waals surface area contributed by atoms with Gasteiger partial charge in [0.25, 0.3) is 0 Å². The smallest absolute Gasteiger partial charge is 0.368 e. The molecule has 1 aromatic rings. The van der Waals surface area contributed by atoms with E-state index >= 15 is 0 Å². The molecule has 1 unspecified atom stereocenters. The fourth-order valence-corrected chi connectivity index (χ4v) is 2.72. The van der Waals surface area contributed by atoms with Gasteiger partial charge in [0.1, 0.15) is 6.07 Å². The second kappa shape index (κ2) is 6.90. The molecule has 0 bridgehead atoms. The number of nitriles is 1. The van der Waals surface area contributed by atoms with E-state index in [9.17, 15) is 23.2 Å². The molecule has 1 saturated heterocycles. The molecule has 0 saturated carbocycles. The lowest BCUT2D eigenvalue weighted by Gasteiger charge is -2.35. The van der Waals surface area contributed by atoms with E-state index < -0.39 is 11.7 Å². The van der Waals surface area contributed by atoms with Crippen LogP contribution in [0.15, 0.2) is 18.2 Å². The van der Waals surface area contributed by atoms with E-state index in [-0.39, 0.29) is 17.5 Å². The van der Waals surface area contributed by atoms with Gasteiger partial charge in [-0.15, -0.1) is 0 Å². The first kappa shape index (κ1) is 17.1. The largest absolute Gasteiger partial charge is 0.416 e. The summed E-state index contributed by atoms with van der Waals surface area (Å²) in [5.41, 5.74) is -0.344. The van der Waals surface area contributed by atoms with Gasteiger partial charge >= 0.3 is 6.18 Å². The highest BCUT2D eigenvalue weighted by molar-refractivity contribution is 5.76. The normalized spacial score (nSPS) is 18.4. The van der Waals surface area contributed by atoms with Crippen molar-refractivity contribution >= 4 is 11.6 Å². The molecular weight excluding hydrogens is 307 g/mol. The molecule has 0 spiro atoms. The number of nitrogens with zero attached hydrogens (tertiary/aromatic N) is 2. The van der Waals surface area contributed by atoms with Crippen molar-refractivity contribution in [3.63, 3.8) is 0 Å². The minimum atomic E-state index is -4.47. The lowest BCUT2D eigenvalue weighted by Crippen LogP contribution is -2.47. The summed E-state index contributed by atoms with van der Waals surface area (Å²) in [7, 11) is 0. The third-order valence-corrected chi connectivity index (χ3v) is 3.89. The maximum atomic E-state index is 12.8. The molecule has 23 heavy (non-hydrogen) atoms. The number of halogens is 3. The number of benzene rings is 1. The second-order valence-electron chi connectivity index (χ2n) is 5.55. The minimum absolute atomic E-state index is 0.00212. The lowest BCUT2D eigenvalue weighted by atomic mass is 10.0. The van der Waals surface area contributed by atoms with Crippen molar-refractivity contribution < 1.29 is 18.0 Å². The van der Waals surface area contributed by atoms with Crippen LogP contribution < -0.4 is 10.2 Å². The standard InChI is InChI=1S/C16H18F3N3O/c1-2-15(23)21-13-4-3-7-22(10-13)14-6-5-12(16(17,18)19)8-11(14)9-20/h5-6,8,13H,2-4,7,10H2,1H3,(H,21,23). The van der Waals surface area contributed by atoms with Crippen molar-refractivity contribution in [2.75, 3.05) is 18.0 Å². The van der Waals surface area contributed by atoms with Gasteiger partial charge in [0.15, 0.2) is 0 Å². The number of piperidine rings is 1. The molecule has 0 radical (unpaired) electrons. The SMILES string of the molecule is CCC(=O)NC1CCCN(c2ccc(C(F)(F)F)cc2C#N)C1. The summed E-state index contributed by atoms with van der Waals surface area (Å²) >= 11 is 0. The van der Waals surface area contributed by atoms with Crippen molar-refractivity contribution in [1.29, 1.82) is 5.26 Å². The summed E-state index contributed by atoms with van der Waals surface area (Å²) in [6.45, 7) is 2.91. The average Bonchev–Trinajstić information content (AvgIpc) is 2.53. The zero-order valence-electron chi connectivity index (χ0n) is 12.8. The number of rotatable bonds is 3. The predicted molar refractivity (Wildman–Crippen MR) is 79.8 cm³/mol. The van der Waals surface area contributed by atoms with E-state index in [1.807, 2.05) is 11.0 Å². The van der Waals surface area contributed by atoms with Crippen molar-refractivity contribution in [3.8, 4) is 6.07 Å². The molecule has 1 heterocycles. The van der Waals surface area contributed by atoms with Crippen LogP contribution in [0.5, 0.6) is 0 Å². The molecule has 1 aliphatic heterocycles. The molecule has 1 amide bonds. The lowest BCUT2D eigenvalue weighted by molar-refractivity contribution is -0.137. The van der Waals surface area contributed by atoms with Crippen LogP contribution in [0, 0.1) is 11.3 Å². The van der Waals surface area contributed by atoms with Gasteiger partial charge in [0, 0.05) is 25.6 Å². The Morgan fingerprint density at radius 3 is 2.83 bits per heavy atom. The zero-order chi connectivity index (χ0) is 17.0. The number of hydrogen-bond acceptors (Lipinski definition) is 3. The van der Waals surface area contributed by atoms with E-state index in [2.05, 4.69) is 5.32 Å². The minimum Gasteiger partial charge on any atom is -0.368 e. The van der Waals surface area contributed by atoms with Crippen molar-refractivity contribution in [2.24, 2.45) is 0 Å². The van der Waals surface area contributed by atoms with Gasteiger partial charge in [-0.25, -0.2) is 0 Å². The summed E-state index contributed by atoms with van der Waals surface area (Å²) in [6.07, 6.45) is -2.45. The predicted octanol–water partition coefficient (Wildman–Crippen LogP) is 3.07. The first-order chi connectivity index (χ1) is 10.8. The summed E-state index contributed by atoms with van der Waals surface area (Å²) in [5, 5.41) is 12.1. The Bertz CT molecular complexity index is 622. The fourth-order valence-electron chi connectivity index (χ4n) is 2.72.